The minimum atomic E-state index is 0.188. The Balaban J connectivity index is 1.50. The average Bonchev–Trinajstić information content (AvgIpc) is 3.27. The number of hydrogen-bond donors (Lipinski definition) is 0. The van der Waals surface area contributed by atoms with Gasteiger partial charge in [0.05, 0.1) is 6.54 Å². The SMILES string of the molecule is O=C(c1cccn1Cc1cccs1)N1CCN2CCC[C@@H]2C1. The maximum atomic E-state index is 12.9. The molecular weight excluding hydrogens is 294 g/mol. The lowest BCUT2D eigenvalue weighted by atomic mass is 10.1. The molecule has 2 fully saturated rings. The zero-order valence-corrected chi connectivity index (χ0v) is 13.5. The van der Waals surface area contributed by atoms with Crippen molar-refractivity contribution in [2.75, 3.05) is 26.2 Å². The largest absolute Gasteiger partial charge is 0.338 e. The third-order valence-electron chi connectivity index (χ3n) is 4.83. The predicted octanol–water partition coefficient (Wildman–Crippen LogP) is 2.52. The zero-order valence-electron chi connectivity index (χ0n) is 12.6. The number of carbonyl (C=O) groups excluding carboxylic acids is 1. The van der Waals surface area contributed by atoms with Crippen molar-refractivity contribution in [2.24, 2.45) is 0 Å². The normalized spacial score (nSPS) is 22.0. The van der Waals surface area contributed by atoms with Gasteiger partial charge in [0.1, 0.15) is 5.69 Å². The third-order valence-corrected chi connectivity index (χ3v) is 5.69. The molecule has 0 spiro atoms. The van der Waals surface area contributed by atoms with Gasteiger partial charge in [-0.1, -0.05) is 6.07 Å². The Hall–Kier alpha value is -1.59. The monoisotopic (exact) mass is 315 g/mol. The minimum Gasteiger partial charge on any atom is -0.338 e. The molecule has 0 saturated carbocycles. The molecule has 1 amide bonds. The van der Waals surface area contributed by atoms with Crippen molar-refractivity contribution in [3.8, 4) is 0 Å². The molecule has 1 atom stereocenters. The highest BCUT2D eigenvalue weighted by molar-refractivity contribution is 7.09. The van der Waals surface area contributed by atoms with Crippen molar-refractivity contribution in [3.05, 3.63) is 46.4 Å². The van der Waals surface area contributed by atoms with Crippen LogP contribution in [0.5, 0.6) is 0 Å². The molecule has 2 aromatic heterocycles. The molecule has 22 heavy (non-hydrogen) atoms. The third kappa shape index (κ3) is 2.59. The highest BCUT2D eigenvalue weighted by Gasteiger charge is 2.33. The van der Waals surface area contributed by atoms with Gasteiger partial charge in [0, 0.05) is 36.8 Å². The fourth-order valence-corrected chi connectivity index (χ4v) is 4.36. The molecule has 2 aliphatic heterocycles. The van der Waals surface area contributed by atoms with Gasteiger partial charge in [0.2, 0.25) is 0 Å². The van der Waals surface area contributed by atoms with Gasteiger partial charge in [0.15, 0.2) is 0 Å². The molecule has 4 rings (SSSR count). The van der Waals surface area contributed by atoms with Crippen molar-refractivity contribution < 1.29 is 4.79 Å². The van der Waals surface area contributed by atoms with Gasteiger partial charge in [-0.15, -0.1) is 11.3 Å². The average molecular weight is 315 g/mol. The molecule has 0 aliphatic carbocycles. The number of thiophene rings is 1. The predicted molar refractivity (Wildman–Crippen MR) is 88.4 cm³/mol. The number of piperazine rings is 1. The second-order valence-corrected chi connectivity index (χ2v) is 7.22. The van der Waals surface area contributed by atoms with Crippen LogP contribution >= 0.6 is 11.3 Å². The summed E-state index contributed by atoms with van der Waals surface area (Å²) >= 11 is 1.74. The number of carbonyl (C=O) groups is 1. The maximum Gasteiger partial charge on any atom is 0.270 e. The van der Waals surface area contributed by atoms with Gasteiger partial charge >= 0.3 is 0 Å². The van der Waals surface area contributed by atoms with E-state index in [0.29, 0.717) is 6.04 Å². The lowest BCUT2D eigenvalue weighted by Crippen LogP contribution is -2.52. The molecule has 0 N–H and O–H groups in total. The highest BCUT2D eigenvalue weighted by atomic mass is 32.1. The van der Waals surface area contributed by atoms with Gasteiger partial charge in [-0.3, -0.25) is 9.69 Å². The first-order valence-electron chi connectivity index (χ1n) is 8.02. The summed E-state index contributed by atoms with van der Waals surface area (Å²) in [6, 6.07) is 8.70. The summed E-state index contributed by atoms with van der Waals surface area (Å²) in [6.45, 7) is 4.78. The van der Waals surface area contributed by atoms with Crippen LogP contribution in [0.1, 0.15) is 28.2 Å². The Labute approximate surface area is 135 Å². The molecule has 2 saturated heterocycles. The molecule has 0 radical (unpaired) electrons. The van der Waals surface area contributed by atoms with Gasteiger partial charge in [0.25, 0.3) is 5.91 Å². The fourth-order valence-electron chi connectivity index (χ4n) is 3.65. The van der Waals surface area contributed by atoms with Crippen molar-refractivity contribution >= 4 is 17.2 Å². The van der Waals surface area contributed by atoms with Crippen LogP contribution in [0.2, 0.25) is 0 Å². The van der Waals surface area contributed by atoms with Crippen molar-refractivity contribution in [1.29, 1.82) is 0 Å². The fraction of sp³-hybridized carbons (Fsp3) is 0.471. The lowest BCUT2D eigenvalue weighted by Gasteiger charge is -2.37. The maximum absolute atomic E-state index is 12.9. The van der Waals surface area contributed by atoms with E-state index < -0.39 is 0 Å². The summed E-state index contributed by atoms with van der Waals surface area (Å²) in [4.78, 5) is 18.8. The second kappa shape index (κ2) is 5.89. The molecule has 0 bridgehead atoms. The quantitative estimate of drug-likeness (QED) is 0.871. The van der Waals surface area contributed by atoms with Crippen LogP contribution in [0, 0.1) is 0 Å². The Bertz CT molecular complexity index is 649. The van der Waals surface area contributed by atoms with E-state index in [9.17, 15) is 4.79 Å². The standard InChI is InChI=1S/C17H21N3OS/c21-17(20-10-9-18-7-1-4-14(18)12-20)16-6-2-8-19(16)13-15-5-3-11-22-15/h2-3,5-6,8,11,14H,1,4,7,9-10,12-13H2/t14-/m1/s1. The first-order valence-corrected chi connectivity index (χ1v) is 8.90. The van der Waals surface area contributed by atoms with Gasteiger partial charge in [-0.05, 0) is 43.0 Å². The molecule has 4 heterocycles. The van der Waals surface area contributed by atoms with Crippen LogP contribution in [0.15, 0.2) is 35.8 Å². The van der Waals surface area contributed by atoms with E-state index in [-0.39, 0.29) is 5.91 Å². The smallest absolute Gasteiger partial charge is 0.270 e. The Morgan fingerprint density at radius 2 is 2.18 bits per heavy atom. The van der Waals surface area contributed by atoms with Gasteiger partial charge < -0.3 is 9.47 Å². The summed E-state index contributed by atoms with van der Waals surface area (Å²) in [5.74, 6) is 0.188. The van der Waals surface area contributed by atoms with Crippen molar-refractivity contribution in [2.45, 2.75) is 25.4 Å². The van der Waals surface area contributed by atoms with Crippen molar-refractivity contribution in [3.63, 3.8) is 0 Å². The van der Waals surface area contributed by atoms with Crippen LogP contribution in [-0.2, 0) is 6.54 Å². The molecule has 5 heteroatoms. The topological polar surface area (TPSA) is 28.5 Å². The van der Waals surface area contributed by atoms with Crippen LogP contribution in [0.4, 0.5) is 0 Å². The van der Waals surface area contributed by atoms with E-state index >= 15 is 0 Å². The van der Waals surface area contributed by atoms with Gasteiger partial charge in [-0.2, -0.15) is 0 Å². The van der Waals surface area contributed by atoms with Crippen LogP contribution < -0.4 is 0 Å². The molecular formula is C17H21N3OS. The van der Waals surface area contributed by atoms with Crippen LogP contribution in [0.25, 0.3) is 0 Å². The van der Waals surface area contributed by atoms with E-state index in [2.05, 4.69) is 27.0 Å². The van der Waals surface area contributed by atoms with Crippen molar-refractivity contribution in [1.82, 2.24) is 14.4 Å². The van der Waals surface area contributed by atoms with E-state index in [4.69, 9.17) is 0 Å². The second-order valence-electron chi connectivity index (χ2n) is 6.18. The molecule has 4 nitrogen and oxygen atoms in total. The molecule has 0 aromatic carbocycles. The first-order chi connectivity index (χ1) is 10.8. The number of nitrogens with zero attached hydrogens (tertiary/aromatic N) is 3. The molecule has 2 aromatic rings. The molecule has 116 valence electrons. The summed E-state index contributed by atoms with van der Waals surface area (Å²) < 4.78 is 2.08. The zero-order chi connectivity index (χ0) is 14.9. The summed E-state index contributed by atoms with van der Waals surface area (Å²) in [7, 11) is 0. The van der Waals surface area contributed by atoms with Crippen LogP contribution in [-0.4, -0.2) is 52.5 Å². The number of aromatic nitrogens is 1. The molecule has 0 unspecified atom stereocenters. The number of rotatable bonds is 3. The molecule has 2 aliphatic rings. The number of fused-ring (bicyclic) bond motifs is 1. The Morgan fingerprint density at radius 1 is 1.23 bits per heavy atom. The van der Waals surface area contributed by atoms with E-state index in [1.54, 1.807) is 11.3 Å². The Kier molecular flexibility index (Phi) is 3.76. The minimum absolute atomic E-state index is 0.188. The summed E-state index contributed by atoms with van der Waals surface area (Å²) in [5, 5.41) is 2.08. The number of hydrogen-bond acceptors (Lipinski definition) is 3. The van der Waals surface area contributed by atoms with Crippen LogP contribution in [0.3, 0.4) is 0 Å². The first kappa shape index (κ1) is 14.0. The lowest BCUT2D eigenvalue weighted by molar-refractivity contribution is 0.0561. The summed E-state index contributed by atoms with van der Waals surface area (Å²) in [5.41, 5.74) is 0.819. The van der Waals surface area contributed by atoms with E-state index in [0.717, 1.165) is 31.9 Å². The Morgan fingerprint density at radius 3 is 3.05 bits per heavy atom. The number of amides is 1. The van der Waals surface area contributed by atoms with Gasteiger partial charge in [-0.25, -0.2) is 0 Å². The highest BCUT2D eigenvalue weighted by Crippen LogP contribution is 2.23. The van der Waals surface area contributed by atoms with E-state index in [1.807, 2.05) is 23.2 Å². The summed E-state index contributed by atoms with van der Waals surface area (Å²) in [6.07, 6.45) is 4.53. The van der Waals surface area contributed by atoms with E-state index in [1.165, 1.54) is 24.3 Å².